The Morgan fingerprint density at radius 2 is 1.68 bits per heavy atom. The number of rotatable bonds is 8. The maximum absolute atomic E-state index is 13.8. The maximum Gasteiger partial charge on any atom is 0.320 e. The molecule has 53 heavy (non-hydrogen) atoms. The molecule has 278 valence electrons. The second-order valence-electron chi connectivity index (χ2n) is 16.2. The third-order valence-electron chi connectivity index (χ3n) is 11.2. The van der Waals surface area contributed by atoms with Crippen molar-refractivity contribution in [3.05, 3.63) is 95.3 Å². The number of aromatic nitrogens is 5. The van der Waals surface area contributed by atoms with Gasteiger partial charge in [-0.15, -0.1) is 10.2 Å². The first-order chi connectivity index (χ1) is 25.7. The zero-order chi connectivity index (χ0) is 36.5. The first-order valence-corrected chi connectivity index (χ1v) is 19.6. The van der Waals surface area contributed by atoms with Crippen molar-refractivity contribution in [3.8, 4) is 11.4 Å². The number of likely N-dealkylation sites (tertiary alicyclic amines) is 1. The van der Waals surface area contributed by atoms with Gasteiger partial charge in [-0.2, -0.15) is 5.10 Å². The zero-order valence-corrected chi connectivity index (χ0v) is 31.6. The highest BCUT2D eigenvalue weighted by Gasteiger charge is 2.31. The molecule has 2 saturated heterocycles. The average Bonchev–Trinajstić information content (AvgIpc) is 3.78. The van der Waals surface area contributed by atoms with Gasteiger partial charge < -0.3 is 15.0 Å². The van der Waals surface area contributed by atoms with Gasteiger partial charge in [-0.1, -0.05) is 63.6 Å². The van der Waals surface area contributed by atoms with Gasteiger partial charge in [0.2, 0.25) is 5.95 Å². The van der Waals surface area contributed by atoms with Crippen LogP contribution in [0.5, 0.6) is 5.75 Å². The van der Waals surface area contributed by atoms with Crippen LogP contribution in [0.4, 0.5) is 16.6 Å². The number of hydrogen-bond donors (Lipinski definition) is 2. The van der Waals surface area contributed by atoms with Crippen LogP contribution >= 0.6 is 0 Å². The molecule has 3 aromatic heterocycles. The maximum atomic E-state index is 13.8. The summed E-state index contributed by atoms with van der Waals surface area (Å²) < 4.78 is 10.6. The van der Waals surface area contributed by atoms with Gasteiger partial charge in [0, 0.05) is 30.6 Å². The van der Waals surface area contributed by atoms with E-state index in [-0.39, 0.29) is 23.6 Å². The van der Waals surface area contributed by atoms with Crippen molar-refractivity contribution in [2.45, 2.75) is 109 Å². The Kier molecular flexibility index (Phi) is 9.85. The number of ether oxygens (including phenoxy) is 1. The molecule has 1 unspecified atom stereocenters. The van der Waals surface area contributed by atoms with E-state index < -0.39 is 0 Å². The summed E-state index contributed by atoms with van der Waals surface area (Å²) in [5.41, 5.74) is 5.89. The number of nitrogens with zero attached hydrogens (tertiary/aromatic N) is 7. The lowest BCUT2D eigenvalue weighted by Crippen LogP contribution is -2.38. The van der Waals surface area contributed by atoms with Crippen LogP contribution < -0.4 is 20.3 Å². The molecule has 11 heteroatoms. The van der Waals surface area contributed by atoms with Crippen molar-refractivity contribution < 1.29 is 9.53 Å². The van der Waals surface area contributed by atoms with E-state index in [1.54, 1.807) is 0 Å². The van der Waals surface area contributed by atoms with E-state index in [0.717, 1.165) is 91.7 Å². The van der Waals surface area contributed by atoms with Gasteiger partial charge in [0.1, 0.15) is 17.7 Å². The molecule has 1 aliphatic carbocycles. The van der Waals surface area contributed by atoms with Crippen LogP contribution in [-0.4, -0.2) is 61.0 Å². The monoisotopic (exact) mass is 715 g/mol. The lowest BCUT2D eigenvalue weighted by Gasteiger charge is -2.33. The molecule has 0 bridgehead atoms. The summed E-state index contributed by atoms with van der Waals surface area (Å²) in [6.45, 7) is 12.9. The van der Waals surface area contributed by atoms with Crippen LogP contribution in [0.3, 0.4) is 0 Å². The van der Waals surface area contributed by atoms with Gasteiger partial charge in [-0.3, -0.25) is 14.6 Å². The Hall–Kier alpha value is -4.90. The third kappa shape index (κ3) is 7.62. The smallest absolute Gasteiger partial charge is 0.320 e. The molecule has 2 fully saturated rings. The van der Waals surface area contributed by atoms with Crippen molar-refractivity contribution in [1.29, 1.82) is 0 Å². The number of pyridine rings is 1. The molecule has 0 radical (unpaired) electrons. The number of fused-ring (bicyclic) bond motifs is 2. The van der Waals surface area contributed by atoms with E-state index in [2.05, 4.69) is 99.1 Å². The Bertz CT molecular complexity index is 2060. The van der Waals surface area contributed by atoms with E-state index in [4.69, 9.17) is 9.84 Å². The summed E-state index contributed by atoms with van der Waals surface area (Å²) in [4.78, 5) is 18.7. The van der Waals surface area contributed by atoms with Crippen LogP contribution in [0.1, 0.15) is 114 Å². The molecule has 3 aliphatic rings. The minimum Gasteiger partial charge on any atom is -0.484 e. The van der Waals surface area contributed by atoms with E-state index in [0.29, 0.717) is 11.9 Å². The number of nitrogens with one attached hydrogen (secondary N) is 2. The largest absolute Gasteiger partial charge is 0.484 e. The quantitative estimate of drug-likeness (QED) is 0.166. The highest BCUT2D eigenvalue weighted by atomic mass is 16.5. The molecule has 2 aromatic carbocycles. The number of amides is 2. The molecule has 8 rings (SSSR count). The predicted molar refractivity (Wildman–Crippen MR) is 209 cm³/mol. The molecule has 2 aliphatic heterocycles. The summed E-state index contributed by atoms with van der Waals surface area (Å²) >= 11 is 0. The number of carbonyl (C=O) groups is 1. The summed E-state index contributed by atoms with van der Waals surface area (Å²) in [5.74, 6) is 2.30. The highest BCUT2D eigenvalue weighted by Crippen LogP contribution is 2.39. The van der Waals surface area contributed by atoms with E-state index in [9.17, 15) is 4.79 Å². The number of urea groups is 1. The number of anilines is 2. The topological polar surface area (TPSA) is 105 Å². The van der Waals surface area contributed by atoms with E-state index in [1.165, 1.54) is 31.2 Å². The number of hydrogen-bond acceptors (Lipinski definition) is 7. The molecule has 2 N–H and O–H groups in total. The molecule has 5 heterocycles. The van der Waals surface area contributed by atoms with Crippen molar-refractivity contribution in [2.75, 3.05) is 29.9 Å². The second-order valence-corrected chi connectivity index (χ2v) is 16.2. The minimum absolute atomic E-state index is 0.147. The van der Waals surface area contributed by atoms with Crippen LogP contribution in [-0.2, 0) is 12.0 Å². The Labute approximate surface area is 312 Å². The van der Waals surface area contributed by atoms with Gasteiger partial charge in [0.05, 0.1) is 23.6 Å². The second kappa shape index (κ2) is 14.9. The molecule has 0 spiro atoms. The lowest BCUT2D eigenvalue weighted by atomic mass is 9.85. The van der Waals surface area contributed by atoms with Gasteiger partial charge in [-0.25, -0.2) is 9.48 Å². The summed E-state index contributed by atoms with van der Waals surface area (Å²) in [6.07, 6.45) is 10.8. The van der Waals surface area contributed by atoms with Gasteiger partial charge in [0.25, 0.3) is 0 Å². The van der Waals surface area contributed by atoms with Crippen LogP contribution in [0.15, 0.2) is 72.9 Å². The van der Waals surface area contributed by atoms with Gasteiger partial charge >= 0.3 is 6.03 Å². The van der Waals surface area contributed by atoms with E-state index >= 15 is 0 Å². The normalized spacial score (nSPS) is 21.0. The molecule has 3 atom stereocenters. The van der Waals surface area contributed by atoms with Crippen molar-refractivity contribution in [2.24, 2.45) is 0 Å². The molecule has 11 nitrogen and oxygen atoms in total. The van der Waals surface area contributed by atoms with Gasteiger partial charge in [-0.05, 0) is 106 Å². The predicted octanol–water partition coefficient (Wildman–Crippen LogP) is 8.35. The minimum atomic E-state index is -0.257. The fourth-order valence-electron chi connectivity index (χ4n) is 8.21. The van der Waals surface area contributed by atoms with Crippen molar-refractivity contribution in [3.63, 3.8) is 0 Å². The summed E-state index contributed by atoms with van der Waals surface area (Å²) in [7, 11) is 0. The van der Waals surface area contributed by atoms with Crippen molar-refractivity contribution in [1.82, 2.24) is 34.6 Å². The molecule has 5 aromatic rings. The van der Waals surface area contributed by atoms with Crippen LogP contribution in [0.25, 0.3) is 11.3 Å². The molecule has 0 saturated carbocycles. The fourth-order valence-corrected chi connectivity index (χ4v) is 8.21. The first-order valence-electron chi connectivity index (χ1n) is 19.6. The summed E-state index contributed by atoms with van der Waals surface area (Å²) in [5, 5.41) is 20.5. The highest BCUT2D eigenvalue weighted by molar-refractivity contribution is 5.89. The van der Waals surface area contributed by atoms with Crippen molar-refractivity contribution >= 4 is 23.4 Å². The van der Waals surface area contributed by atoms with E-state index in [1.807, 2.05) is 41.2 Å². The molecular formula is C42H53N9O2. The lowest BCUT2D eigenvalue weighted by molar-refractivity contribution is 0.171. The molecule has 2 amide bonds. The Morgan fingerprint density at radius 3 is 2.49 bits per heavy atom. The first kappa shape index (κ1) is 35.1. The fraction of sp³-hybridized carbons (Fsp3) is 0.476. The molecular weight excluding hydrogens is 663 g/mol. The number of piperidine rings is 2. The SMILES string of the molecule is CC1CCCCN1c1nnc2ccc(O[C@@H]3CC[C@H](NC(=O)Nc4cc(C(C)(C)C)nn4-c4cccc(CN5CCCCC5)c4)c4ccccc43)cn12. The Balaban J connectivity index is 0.986. The van der Waals surface area contributed by atoms with Crippen LogP contribution in [0, 0.1) is 0 Å². The standard InChI is InChI=1S/C42H53N9O2/c1-29-13-8-11-24-49(29)41-46-45-38-21-18-32(28-50(38)41)53-36-20-19-35(33-16-6-7-17-34(33)36)43-40(52)44-39-26-37(42(2,3)4)47-51(39)31-15-12-14-30(25-31)27-48-22-9-5-10-23-48/h6-7,12,14-18,21,25-26,28-29,35-36H,5,8-11,13,19-20,22-24,27H2,1-4H3,(H2,43,44,52)/t29?,35-,36+/m0/s1. The van der Waals surface area contributed by atoms with Gasteiger partial charge in [0.15, 0.2) is 5.65 Å². The Morgan fingerprint density at radius 1 is 0.868 bits per heavy atom. The zero-order valence-electron chi connectivity index (χ0n) is 31.6. The average molecular weight is 716 g/mol. The van der Waals surface area contributed by atoms with Crippen LogP contribution in [0.2, 0.25) is 0 Å². The number of carbonyl (C=O) groups excluding carboxylic acids is 1. The third-order valence-corrected chi connectivity index (χ3v) is 11.2. The number of benzene rings is 2. The summed E-state index contributed by atoms with van der Waals surface area (Å²) in [6, 6.07) is 22.8.